The highest BCUT2D eigenvalue weighted by atomic mass is 35.5. The van der Waals surface area contributed by atoms with E-state index in [-0.39, 0.29) is 25.5 Å². The number of nitrogens with zero attached hydrogens (tertiary/aromatic N) is 4. The van der Waals surface area contributed by atoms with Gasteiger partial charge in [-0.3, -0.25) is 4.79 Å². The number of carbonyl (C=O) groups is 2. The normalized spacial score (nSPS) is 18.0. The molecule has 8 nitrogen and oxygen atoms in total. The highest BCUT2D eigenvalue weighted by Crippen LogP contribution is 2.19. The van der Waals surface area contributed by atoms with Crippen molar-refractivity contribution in [2.45, 2.75) is 6.04 Å². The molecule has 1 aliphatic heterocycles. The van der Waals surface area contributed by atoms with Crippen LogP contribution in [0.15, 0.2) is 30.5 Å². The number of hydrogen-bond donors (Lipinski definition) is 1. The van der Waals surface area contributed by atoms with Gasteiger partial charge in [-0.2, -0.15) is 0 Å². The van der Waals surface area contributed by atoms with Gasteiger partial charge in [-0.15, -0.1) is 5.10 Å². The first-order chi connectivity index (χ1) is 11.1. The molecule has 1 atom stereocenters. The van der Waals surface area contributed by atoms with Crippen LogP contribution in [-0.4, -0.2) is 62.7 Å². The van der Waals surface area contributed by atoms with Crippen molar-refractivity contribution in [1.82, 2.24) is 19.9 Å². The lowest BCUT2D eigenvalue weighted by Gasteiger charge is -2.32. The Kier molecular flexibility index (Phi) is 4.26. The Labute approximate surface area is 136 Å². The SMILES string of the molecule is O=C(O)[C@@H]1COCCN1C(=O)c1cn(-c2ccccc2Cl)nn1. The third kappa shape index (κ3) is 3.03. The van der Waals surface area contributed by atoms with Gasteiger partial charge in [-0.25, -0.2) is 9.48 Å². The van der Waals surface area contributed by atoms with Crippen LogP contribution in [0.1, 0.15) is 10.5 Å². The highest BCUT2D eigenvalue weighted by molar-refractivity contribution is 6.32. The zero-order valence-electron chi connectivity index (χ0n) is 11.9. The molecule has 120 valence electrons. The molecule has 0 unspecified atom stereocenters. The van der Waals surface area contributed by atoms with Crippen molar-refractivity contribution >= 4 is 23.5 Å². The second-order valence-electron chi connectivity index (χ2n) is 4.93. The Hall–Kier alpha value is -2.45. The quantitative estimate of drug-likeness (QED) is 0.892. The summed E-state index contributed by atoms with van der Waals surface area (Å²) >= 11 is 6.08. The molecule has 1 fully saturated rings. The van der Waals surface area contributed by atoms with Crippen LogP contribution in [0.2, 0.25) is 5.02 Å². The number of amides is 1. The van der Waals surface area contributed by atoms with Gasteiger partial charge in [0.1, 0.15) is 0 Å². The summed E-state index contributed by atoms with van der Waals surface area (Å²) < 4.78 is 6.50. The minimum atomic E-state index is -1.11. The third-order valence-electron chi connectivity index (χ3n) is 3.49. The average Bonchev–Trinajstić information content (AvgIpc) is 3.04. The monoisotopic (exact) mass is 336 g/mol. The van der Waals surface area contributed by atoms with E-state index in [1.807, 2.05) is 0 Å². The summed E-state index contributed by atoms with van der Waals surface area (Å²) in [6.45, 7) is 0.433. The van der Waals surface area contributed by atoms with E-state index in [2.05, 4.69) is 10.3 Å². The largest absolute Gasteiger partial charge is 0.480 e. The predicted octanol–water partition coefficient (Wildman–Crippen LogP) is 0.846. The number of halogens is 1. The van der Waals surface area contributed by atoms with Crippen molar-refractivity contribution in [3.8, 4) is 5.69 Å². The maximum Gasteiger partial charge on any atom is 0.328 e. The maximum atomic E-state index is 12.5. The van der Waals surface area contributed by atoms with Crippen LogP contribution in [0.5, 0.6) is 0 Å². The van der Waals surface area contributed by atoms with Crippen molar-refractivity contribution in [3.05, 3.63) is 41.2 Å². The minimum absolute atomic E-state index is 0.0419. The van der Waals surface area contributed by atoms with Gasteiger partial charge < -0.3 is 14.7 Å². The van der Waals surface area contributed by atoms with Gasteiger partial charge in [-0.1, -0.05) is 28.9 Å². The molecule has 1 aromatic heterocycles. The molecule has 1 amide bonds. The molecule has 1 aromatic carbocycles. The fraction of sp³-hybridized carbons (Fsp3) is 0.286. The van der Waals surface area contributed by atoms with Gasteiger partial charge in [0.05, 0.1) is 30.1 Å². The number of carboxylic acids is 1. The standard InChI is InChI=1S/C14H13ClN4O4/c15-9-3-1-2-4-11(9)19-7-10(16-17-19)13(20)18-5-6-23-8-12(18)14(21)22/h1-4,7,12H,5-6,8H2,(H,21,22)/t12-/m0/s1. The van der Waals surface area contributed by atoms with E-state index in [1.54, 1.807) is 24.3 Å². The van der Waals surface area contributed by atoms with E-state index in [9.17, 15) is 14.7 Å². The average molecular weight is 337 g/mol. The van der Waals surface area contributed by atoms with Gasteiger partial charge in [0, 0.05) is 6.54 Å². The molecule has 2 aromatic rings. The molecule has 23 heavy (non-hydrogen) atoms. The van der Waals surface area contributed by atoms with Gasteiger partial charge in [0.15, 0.2) is 11.7 Å². The lowest BCUT2D eigenvalue weighted by atomic mass is 10.2. The van der Waals surface area contributed by atoms with E-state index in [4.69, 9.17) is 16.3 Å². The number of hydrogen-bond acceptors (Lipinski definition) is 5. The predicted molar refractivity (Wildman–Crippen MR) is 79.6 cm³/mol. The topological polar surface area (TPSA) is 97.6 Å². The number of aliphatic carboxylic acids is 1. The van der Waals surface area contributed by atoms with Crippen molar-refractivity contribution in [3.63, 3.8) is 0 Å². The Morgan fingerprint density at radius 1 is 1.35 bits per heavy atom. The summed E-state index contributed by atoms with van der Waals surface area (Å²) in [7, 11) is 0. The number of carboxylic acid groups (broad SMARTS) is 1. The minimum Gasteiger partial charge on any atom is -0.480 e. The molecule has 0 bridgehead atoms. The van der Waals surface area contributed by atoms with Crippen LogP contribution in [-0.2, 0) is 9.53 Å². The summed E-state index contributed by atoms with van der Waals surface area (Å²) in [4.78, 5) is 25.0. The number of morpholine rings is 1. The van der Waals surface area contributed by atoms with E-state index in [0.29, 0.717) is 10.7 Å². The lowest BCUT2D eigenvalue weighted by molar-refractivity contribution is -0.147. The lowest BCUT2D eigenvalue weighted by Crippen LogP contribution is -2.52. The van der Waals surface area contributed by atoms with Gasteiger partial charge >= 0.3 is 5.97 Å². The van der Waals surface area contributed by atoms with E-state index in [0.717, 1.165) is 0 Å². The van der Waals surface area contributed by atoms with Gasteiger partial charge in [0.2, 0.25) is 0 Å². The highest BCUT2D eigenvalue weighted by Gasteiger charge is 2.34. The Morgan fingerprint density at radius 2 is 2.13 bits per heavy atom. The summed E-state index contributed by atoms with van der Waals surface area (Å²) in [6, 6.07) is 5.97. The van der Waals surface area contributed by atoms with Gasteiger partial charge in [0.25, 0.3) is 5.91 Å². The first-order valence-corrected chi connectivity index (χ1v) is 7.24. The van der Waals surface area contributed by atoms with E-state index in [1.165, 1.54) is 15.8 Å². The smallest absolute Gasteiger partial charge is 0.328 e. The second kappa shape index (κ2) is 6.35. The van der Waals surface area contributed by atoms with Crippen LogP contribution in [0.3, 0.4) is 0 Å². The summed E-state index contributed by atoms with van der Waals surface area (Å²) in [5.41, 5.74) is 0.635. The van der Waals surface area contributed by atoms with Crippen molar-refractivity contribution in [1.29, 1.82) is 0 Å². The van der Waals surface area contributed by atoms with Crippen LogP contribution < -0.4 is 0 Å². The molecule has 9 heteroatoms. The van der Waals surface area contributed by atoms with Crippen molar-refractivity contribution < 1.29 is 19.4 Å². The zero-order valence-corrected chi connectivity index (χ0v) is 12.7. The van der Waals surface area contributed by atoms with Crippen LogP contribution in [0.4, 0.5) is 0 Å². The fourth-order valence-corrected chi connectivity index (χ4v) is 2.54. The summed E-state index contributed by atoms with van der Waals surface area (Å²) in [5, 5.41) is 17.4. The second-order valence-corrected chi connectivity index (χ2v) is 5.33. The number of para-hydroxylation sites is 1. The number of rotatable bonds is 3. The van der Waals surface area contributed by atoms with Gasteiger partial charge in [-0.05, 0) is 12.1 Å². The van der Waals surface area contributed by atoms with Crippen LogP contribution in [0.25, 0.3) is 5.69 Å². The molecular weight excluding hydrogens is 324 g/mol. The van der Waals surface area contributed by atoms with E-state index < -0.39 is 17.9 Å². The van der Waals surface area contributed by atoms with Crippen LogP contribution >= 0.6 is 11.6 Å². The fourth-order valence-electron chi connectivity index (χ4n) is 2.32. The van der Waals surface area contributed by atoms with Crippen LogP contribution in [0, 0.1) is 0 Å². The molecule has 0 saturated carbocycles. The maximum absolute atomic E-state index is 12.5. The first-order valence-electron chi connectivity index (χ1n) is 6.86. The molecule has 3 rings (SSSR count). The molecule has 0 spiro atoms. The first kappa shape index (κ1) is 15.4. The number of carbonyl (C=O) groups excluding carboxylic acids is 1. The van der Waals surface area contributed by atoms with E-state index >= 15 is 0 Å². The summed E-state index contributed by atoms with van der Waals surface area (Å²) in [6.07, 6.45) is 1.43. The molecule has 0 radical (unpaired) electrons. The molecule has 1 aliphatic rings. The molecular formula is C14H13ClN4O4. The van der Waals surface area contributed by atoms with Crippen molar-refractivity contribution in [2.75, 3.05) is 19.8 Å². The number of aromatic nitrogens is 3. The number of benzene rings is 1. The Balaban J connectivity index is 1.86. The Bertz CT molecular complexity index is 748. The molecule has 1 N–H and O–H groups in total. The molecule has 0 aliphatic carbocycles. The number of ether oxygens (including phenoxy) is 1. The Morgan fingerprint density at radius 3 is 2.87 bits per heavy atom. The third-order valence-corrected chi connectivity index (χ3v) is 3.81. The molecule has 2 heterocycles. The zero-order chi connectivity index (χ0) is 16.4. The summed E-state index contributed by atoms with van der Waals surface area (Å²) in [5.74, 6) is -1.62. The van der Waals surface area contributed by atoms with Crippen molar-refractivity contribution in [2.24, 2.45) is 0 Å². The molecule has 1 saturated heterocycles.